The van der Waals surface area contributed by atoms with E-state index in [0.717, 1.165) is 28.7 Å². The number of para-hydroxylation sites is 3. The molecule has 0 spiro atoms. The third kappa shape index (κ3) is 4.21. The van der Waals surface area contributed by atoms with E-state index in [-0.39, 0.29) is 12.5 Å². The molecule has 0 fully saturated rings. The van der Waals surface area contributed by atoms with Crippen molar-refractivity contribution in [3.63, 3.8) is 0 Å². The van der Waals surface area contributed by atoms with Gasteiger partial charge in [0.2, 0.25) is 6.10 Å². The van der Waals surface area contributed by atoms with Gasteiger partial charge in [-0.3, -0.25) is 9.69 Å². The quantitative estimate of drug-likeness (QED) is 0.619. The maximum Gasteiger partial charge on any atom is 0.273 e. The van der Waals surface area contributed by atoms with Gasteiger partial charge in [-0.25, -0.2) is 4.98 Å². The molecule has 152 valence electrons. The number of aryl methyl sites for hydroxylation is 1. The summed E-state index contributed by atoms with van der Waals surface area (Å²) in [5.41, 5.74) is 2.06. The summed E-state index contributed by atoms with van der Waals surface area (Å²) in [7, 11) is 4.06. The molecule has 29 heavy (non-hydrogen) atoms. The van der Waals surface area contributed by atoms with Gasteiger partial charge in [-0.15, -0.1) is 0 Å². The van der Waals surface area contributed by atoms with Crippen molar-refractivity contribution in [2.75, 3.05) is 38.7 Å². The number of carbonyl (C=O) groups excluding carboxylic acids is 1. The third-order valence-corrected chi connectivity index (χ3v) is 5.92. The summed E-state index contributed by atoms with van der Waals surface area (Å²) in [5.74, 6) is 1.16. The molecule has 6 nitrogen and oxygen atoms in total. The van der Waals surface area contributed by atoms with Gasteiger partial charge in [0.05, 0.1) is 10.2 Å². The number of fused-ring (bicyclic) bond motifs is 2. The Morgan fingerprint density at radius 2 is 1.93 bits per heavy atom. The van der Waals surface area contributed by atoms with Gasteiger partial charge in [-0.1, -0.05) is 35.6 Å². The molecule has 1 amide bonds. The predicted molar refractivity (Wildman–Crippen MR) is 116 cm³/mol. The second-order valence-corrected chi connectivity index (χ2v) is 8.44. The number of ether oxygens (including phenoxy) is 2. The molecule has 0 saturated carbocycles. The molecular formula is C22H25N3O3S. The van der Waals surface area contributed by atoms with Crippen LogP contribution in [-0.4, -0.2) is 55.7 Å². The van der Waals surface area contributed by atoms with Crippen LogP contribution in [0.2, 0.25) is 0 Å². The van der Waals surface area contributed by atoms with Crippen molar-refractivity contribution in [3.8, 4) is 11.5 Å². The molecule has 1 aliphatic heterocycles. The second-order valence-electron chi connectivity index (χ2n) is 7.43. The van der Waals surface area contributed by atoms with E-state index in [4.69, 9.17) is 14.5 Å². The number of benzene rings is 2. The minimum Gasteiger partial charge on any atom is -0.485 e. The highest BCUT2D eigenvalue weighted by molar-refractivity contribution is 7.22. The van der Waals surface area contributed by atoms with Crippen molar-refractivity contribution in [2.24, 2.45) is 0 Å². The Morgan fingerprint density at radius 1 is 1.14 bits per heavy atom. The van der Waals surface area contributed by atoms with Crippen LogP contribution >= 0.6 is 11.3 Å². The number of hydrogen-bond acceptors (Lipinski definition) is 6. The number of carbonyl (C=O) groups is 1. The lowest BCUT2D eigenvalue weighted by molar-refractivity contribution is -0.127. The molecule has 0 unspecified atom stereocenters. The number of aromatic nitrogens is 1. The first-order valence-electron chi connectivity index (χ1n) is 9.73. The summed E-state index contributed by atoms with van der Waals surface area (Å²) in [6, 6.07) is 13.5. The van der Waals surface area contributed by atoms with Gasteiger partial charge in [0.1, 0.15) is 6.61 Å². The molecule has 2 aromatic carbocycles. The summed E-state index contributed by atoms with van der Waals surface area (Å²) >= 11 is 1.54. The van der Waals surface area contributed by atoms with Gasteiger partial charge in [-0.2, -0.15) is 0 Å². The normalized spacial score (nSPS) is 15.7. The van der Waals surface area contributed by atoms with Gasteiger partial charge >= 0.3 is 0 Å². The number of nitrogens with zero attached hydrogens (tertiary/aromatic N) is 3. The summed E-state index contributed by atoms with van der Waals surface area (Å²) in [5, 5.41) is 0.709. The van der Waals surface area contributed by atoms with Crippen molar-refractivity contribution in [1.29, 1.82) is 0 Å². The molecular weight excluding hydrogens is 386 g/mol. The minimum atomic E-state index is -0.683. The van der Waals surface area contributed by atoms with Crippen molar-refractivity contribution in [2.45, 2.75) is 19.4 Å². The van der Waals surface area contributed by atoms with Crippen molar-refractivity contribution >= 4 is 32.6 Å². The Labute approximate surface area is 174 Å². The average Bonchev–Trinajstić information content (AvgIpc) is 3.15. The Bertz CT molecular complexity index is 1020. The average molecular weight is 412 g/mol. The highest BCUT2D eigenvalue weighted by atomic mass is 32.1. The third-order valence-electron chi connectivity index (χ3n) is 4.88. The maximum absolute atomic E-state index is 13.4. The van der Waals surface area contributed by atoms with Crippen LogP contribution in [0.3, 0.4) is 0 Å². The smallest absolute Gasteiger partial charge is 0.273 e. The molecule has 0 aliphatic carbocycles. The van der Waals surface area contributed by atoms with Crippen LogP contribution in [0.25, 0.3) is 10.2 Å². The molecule has 4 rings (SSSR count). The van der Waals surface area contributed by atoms with Gasteiger partial charge < -0.3 is 14.4 Å². The molecule has 0 saturated heterocycles. The molecule has 3 aromatic rings. The standard InChI is InChI=1S/C22H25N3O3S/c1-15-8-6-11-19-20(15)23-22(29-19)25(13-7-12-24(2)3)21(26)18-14-27-16-9-4-5-10-17(16)28-18/h4-6,8-11,18H,7,12-14H2,1-3H3/t18-/m1/s1. The molecule has 7 heteroatoms. The first kappa shape index (κ1) is 19.7. The first-order chi connectivity index (χ1) is 14.0. The molecule has 0 bridgehead atoms. The first-order valence-corrected chi connectivity index (χ1v) is 10.6. The SMILES string of the molecule is Cc1cccc2sc(N(CCCN(C)C)C(=O)[C@H]3COc4ccccc4O3)nc12. The van der Waals surface area contributed by atoms with E-state index in [9.17, 15) is 4.79 Å². The highest BCUT2D eigenvalue weighted by Crippen LogP contribution is 2.34. The van der Waals surface area contributed by atoms with Gasteiger partial charge in [0, 0.05) is 6.54 Å². The van der Waals surface area contributed by atoms with E-state index in [1.807, 2.05) is 63.5 Å². The number of hydrogen-bond donors (Lipinski definition) is 0. The Balaban J connectivity index is 1.61. The molecule has 0 radical (unpaired) electrons. The number of thiazole rings is 1. The summed E-state index contributed by atoms with van der Waals surface area (Å²) in [6.45, 7) is 3.71. The van der Waals surface area contributed by atoms with E-state index in [1.165, 1.54) is 0 Å². The van der Waals surface area contributed by atoms with Crippen molar-refractivity contribution in [3.05, 3.63) is 48.0 Å². The fourth-order valence-corrected chi connectivity index (χ4v) is 4.43. The summed E-state index contributed by atoms with van der Waals surface area (Å²) in [6.07, 6.45) is 0.162. The topological polar surface area (TPSA) is 54.9 Å². The largest absolute Gasteiger partial charge is 0.485 e. The second kappa shape index (κ2) is 8.39. The Hall–Kier alpha value is -2.64. The lowest BCUT2D eigenvalue weighted by Gasteiger charge is -2.29. The zero-order valence-electron chi connectivity index (χ0n) is 16.9. The van der Waals surface area contributed by atoms with Gasteiger partial charge in [0.25, 0.3) is 5.91 Å². The monoisotopic (exact) mass is 411 g/mol. The number of rotatable bonds is 6. The molecule has 1 atom stereocenters. The molecule has 0 N–H and O–H groups in total. The van der Waals surface area contributed by atoms with Gasteiger partial charge in [-0.05, 0) is 57.7 Å². The zero-order chi connectivity index (χ0) is 20.4. The van der Waals surface area contributed by atoms with E-state index in [2.05, 4.69) is 4.90 Å². The van der Waals surface area contributed by atoms with Crippen molar-refractivity contribution < 1.29 is 14.3 Å². The van der Waals surface area contributed by atoms with Crippen LogP contribution in [0.1, 0.15) is 12.0 Å². The fraction of sp³-hybridized carbons (Fsp3) is 0.364. The van der Waals surface area contributed by atoms with Crippen LogP contribution in [0.15, 0.2) is 42.5 Å². The van der Waals surface area contributed by atoms with Gasteiger partial charge in [0.15, 0.2) is 16.6 Å². The van der Waals surface area contributed by atoms with Crippen LogP contribution in [0.4, 0.5) is 5.13 Å². The van der Waals surface area contributed by atoms with Crippen LogP contribution in [0, 0.1) is 6.92 Å². The van der Waals surface area contributed by atoms with E-state index < -0.39 is 6.10 Å². The zero-order valence-corrected chi connectivity index (χ0v) is 17.7. The molecule has 1 aliphatic rings. The number of anilines is 1. The van der Waals surface area contributed by atoms with Crippen LogP contribution in [0.5, 0.6) is 11.5 Å². The number of amides is 1. The van der Waals surface area contributed by atoms with E-state index in [1.54, 1.807) is 16.2 Å². The molecule has 1 aromatic heterocycles. The summed E-state index contributed by atoms with van der Waals surface area (Å²) in [4.78, 5) is 22.1. The Kier molecular flexibility index (Phi) is 5.69. The Morgan fingerprint density at radius 3 is 2.69 bits per heavy atom. The maximum atomic E-state index is 13.4. The highest BCUT2D eigenvalue weighted by Gasteiger charge is 2.33. The molecule has 2 heterocycles. The minimum absolute atomic E-state index is 0.116. The van der Waals surface area contributed by atoms with Crippen molar-refractivity contribution in [1.82, 2.24) is 9.88 Å². The summed E-state index contributed by atoms with van der Waals surface area (Å²) < 4.78 is 12.8. The predicted octanol–water partition coefficient (Wildman–Crippen LogP) is 3.73. The fourth-order valence-electron chi connectivity index (χ4n) is 3.35. The van der Waals surface area contributed by atoms with E-state index >= 15 is 0 Å². The van der Waals surface area contributed by atoms with Crippen LogP contribution in [-0.2, 0) is 4.79 Å². The van der Waals surface area contributed by atoms with Crippen LogP contribution < -0.4 is 14.4 Å². The lowest BCUT2D eigenvalue weighted by Crippen LogP contribution is -2.47. The lowest BCUT2D eigenvalue weighted by atomic mass is 10.2. The van der Waals surface area contributed by atoms with E-state index in [0.29, 0.717) is 23.2 Å².